The van der Waals surface area contributed by atoms with Gasteiger partial charge in [0.2, 0.25) is 5.75 Å². The Morgan fingerprint density at radius 1 is 0.926 bits per heavy atom. The molecular weight excluding hydrogens is 344 g/mol. The Morgan fingerprint density at radius 2 is 1.70 bits per heavy atom. The Labute approximate surface area is 157 Å². The highest BCUT2D eigenvalue weighted by Gasteiger charge is 2.14. The summed E-state index contributed by atoms with van der Waals surface area (Å²) in [6, 6.07) is 9.89. The predicted molar refractivity (Wildman–Crippen MR) is 107 cm³/mol. The minimum Gasteiger partial charge on any atom is -0.493 e. The molecule has 2 aromatic carbocycles. The highest BCUT2D eigenvalue weighted by atomic mass is 16.5. The molecule has 27 heavy (non-hydrogen) atoms. The van der Waals surface area contributed by atoms with Gasteiger partial charge in [-0.15, -0.1) is 0 Å². The van der Waals surface area contributed by atoms with E-state index in [2.05, 4.69) is 11.2 Å². The third-order valence-corrected chi connectivity index (χ3v) is 4.43. The molecule has 1 heterocycles. The van der Waals surface area contributed by atoms with E-state index in [4.69, 9.17) is 19.4 Å². The van der Waals surface area contributed by atoms with Crippen molar-refractivity contribution < 1.29 is 19.4 Å². The summed E-state index contributed by atoms with van der Waals surface area (Å²) in [4.78, 5) is 0. The van der Waals surface area contributed by atoms with Crippen molar-refractivity contribution in [1.82, 2.24) is 4.57 Å². The van der Waals surface area contributed by atoms with Gasteiger partial charge in [-0.3, -0.25) is 0 Å². The summed E-state index contributed by atoms with van der Waals surface area (Å²) in [5, 5.41) is 13.0. The molecule has 0 radical (unpaired) electrons. The van der Waals surface area contributed by atoms with Crippen LogP contribution in [0.1, 0.15) is 16.7 Å². The highest BCUT2D eigenvalue weighted by Crippen LogP contribution is 2.40. The normalized spacial score (nSPS) is 11.6. The molecule has 1 aromatic heterocycles. The van der Waals surface area contributed by atoms with Crippen molar-refractivity contribution >= 4 is 29.3 Å². The first-order valence-corrected chi connectivity index (χ1v) is 8.36. The molecule has 0 spiro atoms. The quantitative estimate of drug-likeness (QED) is 0.308. The summed E-state index contributed by atoms with van der Waals surface area (Å²) in [5.41, 5.74) is 3.80. The van der Waals surface area contributed by atoms with Gasteiger partial charge in [-0.2, -0.15) is 0 Å². The van der Waals surface area contributed by atoms with Gasteiger partial charge in [0.15, 0.2) is 11.5 Å². The molecule has 0 aliphatic carbocycles. The maximum Gasteiger partial charge on any atom is 0.203 e. The number of benzene rings is 2. The molecule has 6 heteroatoms. The molecule has 1 N–H and O–H groups in total. The third-order valence-electron chi connectivity index (χ3n) is 4.43. The van der Waals surface area contributed by atoms with Gasteiger partial charge in [-0.25, -0.2) is 0 Å². The van der Waals surface area contributed by atoms with Crippen LogP contribution in [0.15, 0.2) is 41.7 Å². The van der Waals surface area contributed by atoms with Crippen LogP contribution in [0.5, 0.6) is 17.2 Å². The molecule has 0 atom stereocenters. The first kappa shape index (κ1) is 18.4. The SMILES string of the molecule is COc1ccc(C=Cc2ccc3c(c2)c(/C=N/O)cn3C)c(OC)c1OC. The molecule has 140 valence electrons. The highest BCUT2D eigenvalue weighted by molar-refractivity contribution is 6.00. The zero-order chi connectivity index (χ0) is 19.4. The number of methoxy groups -OCH3 is 3. The minimum atomic E-state index is 0.558. The molecule has 0 aliphatic rings. The molecule has 0 bridgehead atoms. The van der Waals surface area contributed by atoms with Crippen molar-refractivity contribution in [1.29, 1.82) is 0 Å². The van der Waals surface area contributed by atoms with E-state index < -0.39 is 0 Å². The van der Waals surface area contributed by atoms with E-state index in [1.807, 2.05) is 54.2 Å². The predicted octanol–water partition coefficient (Wildman–Crippen LogP) is 4.18. The zero-order valence-corrected chi connectivity index (χ0v) is 15.8. The van der Waals surface area contributed by atoms with Crippen LogP contribution >= 0.6 is 0 Å². The molecule has 0 aliphatic heterocycles. The lowest BCUT2D eigenvalue weighted by Crippen LogP contribution is -1.96. The van der Waals surface area contributed by atoms with E-state index in [0.717, 1.165) is 27.6 Å². The van der Waals surface area contributed by atoms with E-state index >= 15 is 0 Å². The van der Waals surface area contributed by atoms with Crippen LogP contribution in [-0.2, 0) is 7.05 Å². The largest absolute Gasteiger partial charge is 0.493 e. The third kappa shape index (κ3) is 3.46. The van der Waals surface area contributed by atoms with Gasteiger partial charge in [-0.05, 0) is 29.8 Å². The lowest BCUT2D eigenvalue weighted by Gasteiger charge is -2.14. The van der Waals surface area contributed by atoms with Crippen LogP contribution in [0.2, 0.25) is 0 Å². The lowest BCUT2D eigenvalue weighted by atomic mass is 10.1. The maximum atomic E-state index is 8.87. The van der Waals surface area contributed by atoms with Crippen LogP contribution in [-0.4, -0.2) is 37.3 Å². The number of ether oxygens (including phenoxy) is 3. The smallest absolute Gasteiger partial charge is 0.203 e. The molecule has 0 saturated carbocycles. The van der Waals surface area contributed by atoms with E-state index in [1.54, 1.807) is 21.3 Å². The molecule has 3 aromatic rings. The number of hydrogen-bond acceptors (Lipinski definition) is 5. The standard InChI is InChI=1S/C21H22N2O4/c1-23-13-16(12-22-24)17-11-14(6-9-18(17)23)5-7-15-8-10-19(25-2)21(27-4)20(15)26-3/h5-13,24H,1-4H3/b7-5?,22-12+. The van der Waals surface area contributed by atoms with Gasteiger partial charge >= 0.3 is 0 Å². The average Bonchev–Trinajstić information content (AvgIpc) is 3.00. The van der Waals surface area contributed by atoms with Gasteiger partial charge in [0.25, 0.3) is 0 Å². The second-order valence-electron chi connectivity index (χ2n) is 5.97. The van der Waals surface area contributed by atoms with Crippen molar-refractivity contribution in [2.45, 2.75) is 0 Å². The summed E-state index contributed by atoms with van der Waals surface area (Å²) >= 11 is 0. The van der Waals surface area contributed by atoms with Crippen LogP contribution in [0, 0.1) is 0 Å². The van der Waals surface area contributed by atoms with Crippen molar-refractivity contribution in [2.75, 3.05) is 21.3 Å². The summed E-state index contributed by atoms with van der Waals surface area (Å²) in [6.07, 6.45) is 7.32. The average molecular weight is 366 g/mol. The van der Waals surface area contributed by atoms with Crippen molar-refractivity contribution in [3.63, 3.8) is 0 Å². The lowest BCUT2D eigenvalue weighted by molar-refractivity contribution is 0.322. The summed E-state index contributed by atoms with van der Waals surface area (Å²) in [5.74, 6) is 1.79. The molecule has 3 rings (SSSR count). The fraction of sp³-hybridized carbons (Fsp3) is 0.190. The summed E-state index contributed by atoms with van der Waals surface area (Å²) in [6.45, 7) is 0. The Morgan fingerprint density at radius 3 is 2.37 bits per heavy atom. The Bertz CT molecular complexity index is 1020. The van der Waals surface area contributed by atoms with E-state index in [1.165, 1.54) is 6.21 Å². The number of hydrogen-bond donors (Lipinski definition) is 1. The van der Waals surface area contributed by atoms with Crippen LogP contribution < -0.4 is 14.2 Å². The van der Waals surface area contributed by atoms with Gasteiger partial charge < -0.3 is 24.0 Å². The summed E-state index contributed by atoms with van der Waals surface area (Å²) in [7, 11) is 6.74. The number of nitrogens with zero attached hydrogens (tertiary/aromatic N) is 2. The number of oxime groups is 1. The minimum absolute atomic E-state index is 0.558. The molecule has 0 saturated heterocycles. The number of fused-ring (bicyclic) bond motifs is 1. The fourth-order valence-corrected chi connectivity index (χ4v) is 3.15. The second-order valence-corrected chi connectivity index (χ2v) is 5.97. The first-order valence-electron chi connectivity index (χ1n) is 8.36. The van der Waals surface area contributed by atoms with Crippen LogP contribution in [0.25, 0.3) is 23.1 Å². The second kappa shape index (κ2) is 7.86. The van der Waals surface area contributed by atoms with Gasteiger partial charge in [-0.1, -0.05) is 23.4 Å². The summed E-state index contributed by atoms with van der Waals surface area (Å²) < 4.78 is 18.3. The fourth-order valence-electron chi connectivity index (χ4n) is 3.15. The van der Waals surface area contributed by atoms with Crippen LogP contribution in [0.4, 0.5) is 0 Å². The Balaban J connectivity index is 2.02. The molecule has 0 amide bonds. The number of aromatic nitrogens is 1. The van der Waals surface area contributed by atoms with E-state index in [9.17, 15) is 0 Å². The number of rotatable bonds is 6. The Hall–Kier alpha value is -3.41. The van der Waals surface area contributed by atoms with Gasteiger partial charge in [0.1, 0.15) is 0 Å². The molecule has 0 unspecified atom stereocenters. The van der Waals surface area contributed by atoms with E-state index in [-0.39, 0.29) is 0 Å². The maximum absolute atomic E-state index is 8.87. The molecule has 0 fully saturated rings. The first-order chi connectivity index (χ1) is 13.1. The topological polar surface area (TPSA) is 65.2 Å². The van der Waals surface area contributed by atoms with Crippen LogP contribution in [0.3, 0.4) is 0 Å². The van der Waals surface area contributed by atoms with E-state index in [0.29, 0.717) is 17.2 Å². The van der Waals surface area contributed by atoms with Crippen molar-refractivity contribution in [3.8, 4) is 17.2 Å². The van der Waals surface area contributed by atoms with Gasteiger partial charge in [0, 0.05) is 35.3 Å². The zero-order valence-electron chi connectivity index (χ0n) is 15.8. The van der Waals surface area contributed by atoms with Crippen molar-refractivity contribution in [3.05, 3.63) is 53.2 Å². The van der Waals surface area contributed by atoms with Crippen molar-refractivity contribution in [2.24, 2.45) is 12.2 Å². The number of aryl methyl sites for hydroxylation is 1. The molecular formula is C21H22N2O4. The monoisotopic (exact) mass is 366 g/mol. The molecule has 6 nitrogen and oxygen atoms in total. The Kier molecular flexibility index (Phi) is 5.35. The van der Waals surface area contributed by atoms with Gasteiger partial charge in [0.05, 0.1) is 27.5 Å².